The minimum Gasteiger partial charge on any atom is -0.495 e. The van der Waals surface area contributed by atoms with Crippen LogP contribution >= 0.6 is 34.8 Å². The average Bonchev–Trinajstić information content (AvgIpc) is 2.46. The van der Waals surface area contributed by atoms with Gasteiger partial charge in [0.25, 0.3) is 0 Å². The molecule has 0 aliphatic carbocycles. The summed E-state index contributed by atoms with van der Waals surface area (Å²) in [5.41, 5.74) is 1.54. The second kappa shape index (κ2) is 6.84. The zero-order valence-corrected chi connectivity index (χ0v) is 13.7. The van der Waals surface area contributed by atoms with Crippen LogP contribution in [0.3, 0.4) is 0 Å². The fraction of sp³-hybridized carbons (Fsp3) is 0.200. The highest BCUT2D eigenvalue weighted by Crippen LogP contribution is 2.36. The Hall–Kier alpha value is -1.00. The second-order valence-corrected chi connectivity index (χ2v) is 5.63. The van der Waals surface area contributed by atoms with Crippen molar-refractivity contribution in [3.8, 4) is 5.75 Å². The molecule has 1 N–H and O–H groups in total. The summed E-state index contributed by atoms with van der Waals surface area (Å²) in [4.78, 5) is 0. The van der Waals surface area contributed by atoms with Gasteiger partial charge in [-0.25, -0.2) is 4.39 Å². The summed E-state index contributed by atoms with van der Waals surface area (Å²) in [6, 6.07) is 7.64. The molecular weight excluding hydrogens is 336 g/mol. The van der Waals surface area contributed by atoms with Gasteiger partial charge in [-0.05, 0) is 36.4 Å². The highest BCUT2D eigenvalue weighted by atomic mass is 35.5. The van der Waals surface area contributed by atoms with E-state index in [4.69, 9.17) is 39.5 Å². The predicted octanol–water partition coefficient (Wildman–Crippen LogP) is 5.10. The molecule has 0 radical (unpaired) electrons. The molecule has 2 aromatic rings. The van der Waals surface area contributed by atoms with E-state index < -0.39 is 5.82 Å². The van der Waals surface area contributed by atoms with Crippen molar-refractivity contribution in [3.05, 3.63) is 62.3 Å². The Kier molecular flexibility index (Phi) is 5.33. The molecule has 2 aromatic carbocycles. The summed E-state index contributed by atoms with van der Waals surface area (Å²) in [7, 11) is 3.29. The van der Waals surface area contributed by atoms with Gasteiger partial charge in [0.05, 0.1) is 23.2 Å². The van der Waals surface area contributed by atoms with Gasteiger partial charge in [-0.1, -0.05) is 40.9 Å². The van der Waals surface area contributed by atoms with Crippen LogP contribution in [-0.2, 0) is 0 Å². The van der Waals surface area contributed by atoms with Crippen LogP contribution in [0.25, 0.3) is 0 Å². The quantitative estimate of drug-likeness (QED) is 0.829. The average molecular weight is 349 g/mol. The fourth-order valence-corrected chi connectivity index (χ4v) is 2.82. The van der Waals surface area contributed by atoms with Crippen LogP contribution in [-0.4, -0.2) is 14.2 Å². The monoisotopic (exact) mass is 347 g/mol. The van der Waals surface area contributed by atoms with Gasteiger partial charge in [0, 0.05) is 11.1 Å². The van der Waals surface area contributed by atoms with Crippen LogP contribution in [0, 0.1) is 5.82 Å². The molecule has 0 aliphatic rings. The first-order valence-corrected chi connectivity index (χ1v) is 7.26. The minimum absolute atomic E-state index is 0.0588. The van der Waals surface area contributed by atoms with Crippen LogP contribution in [0.2, 0.25) is 15.1 Å². The van der Waals surface area contributed by atoms with E-state index in [0.717, 1.165) is 11.1 Å². The number of ether oxygens (including phenoxy) is 1. The van der Waals surface area contributed by atoms with E-state index in [1.807, 2.05) is 0 Å². The summed E-state index contributed by atoms with van der Waals surface area (Å²) in [5, 5.41) is 4.13. The van der Waals surface area contributed by atoms with Crippen molar-refractivity contribution in [2.45, 2.75) is 6.04 Å². The maximum atomic E-state index is 13.3. The molecule has 0 bridgehead atoms. The lowest BCUT2D eigenvalue weighted by atomic mass is 9.98. The molecular formula is C15H13Cl3FNO. The van der Waals surface area contributed by atoms with Gasteiger partial charge in [0.15, 0.2) is 0 Å². The Bertz CT molecular complexity index is 664. The van der Waals surface area contributed by atoms with Crippen LogP contribution < -0.4 is 10.1 Å². The van der Waals surface area contributed by atoms with E-state index in [2.05, 4.69) is 5.32 Å². The third-order valence-corrected chi connectivity index (χ3v) is 4.06. The van der Waals surface area contributed by atoms with Gasteiger partial charge in [-0.15, -0.1) is 0 Å². The van der Waals surface area contributed by atoms with Gasteiger partial charge in [0.1, 0.15) is 11.6 Å². The van der Waals surface area contributed by atoms with E-state index in [1.54, 1.807) is 31.3 Å². The molecule has 0 spiro atoms. The minimum atomic E-state index is -0.464. The summed E-state index contributed by atoms with van der Waals surface area (Å²) in [6.45, 7) is 0. The van der Waals surface area contributed by atoms with E-state index >= 15 is 0 Å². The number of benzene rings is 2. The molecule has 21 heavy (non-hydrogen) atoms. The Labute approximate surface area is 137 Å². The van der Waals surface area contributed by atoms with Crippen molar-refractivity contribution in [2.24, 2.45) is 0 Å². The zero-order chi connectivity index (χ0) is 15.6. The Morgan fingerprint density at radius 1 is 1.05 bits per heavy atom. The van der Waals surface area contributed by atoms with E-state index in [1.165, 1.54) is 13.2 Å². The topological polar surface area (TPSA) is 21.3 Å². The van der Waals surface area contributed by atoms with Gasteiger partial charge in [-0.2, -0.15) is 0 Å². The lowest BCUT2D eigenvalue weighted by Crippen LogP contribution is -2.18. The van der Waals surface area contributed by atoms with Crippen molar-refractivity contribution >= 4 is 34.8 Å². The summed E-state index contributed by atoms with van der Waals surface area (Å²) >= 11 is 18.3. The molecule has 0 saturated carbocycles. The molecule has 1 atom stereocenters. The van der Waals surface area contributed by atoms with E-state index in [-0.39, 0.29) is 11.1 Å². The van der Waals surface area contributed by atoms with Crippen LogP contribution in [0.1, 0.15) is 17.2 Å². The van der Waals surface area contributed by atoms with E-state index in [9.17, 15) is 4.39 Å². The number of rotatable bonds is 4. The fourth-order valence-electron chi connectivity index (χ4n) is 2.12. The van der Waals surface area contributed by atoms with Crippen molar-refractivity contribution in [1.29, 1.82) is 0 Å². The lowest BCUT2D eigenvalue weighted by Gasteiger charge is -2.20. The summed E-state index contributed by atoms with van der Waals surface area (Å²) < 4.78 is 18.4. The Morgan fingerprint density at radius 3 is 2.33 bits per heavy atom. The first-order chi connectivity index (χ1) is 9.97. The standard InChI is InChI=1S/C15H13Cl3FNO/c1-20-15(8-3-4-13(19)11(17)5-8)9-6-12(18)14(21-2)7-10(9)16/h3-7,15,20H,1-2H3. The highest BCUT2D eigenvalue weighted by Gasteiger charge is 2.19. The molecule has 2 nitrogen and oxygen atoms in total. The largest absolute Gasteiger partial charge is 0.495 e. The molecule has 2 rings (SSSR count). The lowest BCUT2D eigenvalue weighted by molar-refractivity contribution is 0.415. The molecule has 0 amide bonds. The third-order valence-electron chi connectivity index (χ3n) is 3.15. The van der Waals surface area contributed by atoms with Gasteiger partial charge < -0.3 is 10.1 Å². The molecule has 0 heterocycles. The zero-order valence-electron chi connectivity index (χ0n) is 11.4. The number of nitrogens with one attached hydrogen (secondary N) is 1. The molecule has 0 aromatic heterocycles. The van der Waals surface area contributed by atoms with E-state index in [0.29, 0.717) is 15.8 Å². The Morgan fingerprint density at radius 2 is 1.76 bits per heavy atom. The molecule has 112 valence electrons. The maximum Gasteiger partial charge on any atom is 0.141 e. The predicted molar refractivity (Wildman–Crippen MR) is 85.3 cm³/mol. The van der Waals surface area contributed by atoms with Crippen molar-refractivity contribution in [1.82, 2.24) is 5.32 Å². The SMILES string of the molecule is CNC(c1ccc(F)c(Cl)c1)c1cc(Cl)c(OC)cc1Cl. The highest BCUT2D eigenvalue weighted by molar-refractivity contribution is 6.34. The van der Waals surface area contributed by atoms with Crippen LogP contribution in [0.4, 0.5) is 4.39 Å². The smallest absolute Gasteiger partial charge is 0.141 e. The number of halogens is 4. The summed E-state index contributed by atoms with van der Waals surface area (Å²) in [5.74, 6) is 0.0338. The van der Waals surface area contributed by atoms with Crippen molar-refractivity contribution in [3.63, 3.8) is 0 Å². The molecule has 6 heteroatoms. The molecule has 0 fully saturated rings. The number of hydrogen-bond acceptors (Lipinski definition) is 2. The first-order valence-electron chi connectivity index (χ1n) is 6.13. The number of hydrogen-bond donors (Lipinski definition) is 1. The van der Waals surface area contributed by atoms with Crippen molar-refractivity contribution < 1.29 is 9.13 Å². The van der Waals surface area contributed by atoms with Crippen molar-refractivity contribution in [2.75, 3.05) is 14.2 Å². The summed E-state index contributed by atoms with van der Waals surface area (Å²) in [6.07, 6.45) is 0. The first kappa shape index (κ1) is 16.4. The van der Waals surface area contributed by atoms with Gasteiger partial charge in [-0.3, -0.25) is 0 Å². The third kappa shape index (κ3) is 3.43. The van der Waals surface area contributed by atoms with Crippen LogP contribution in [0.15, 0.2) is 30.3 Å². The van der Waals surface area contributed by atoms with Crippen LogP contribution in [0.5, 0.6) is 5.75 Å². The van der Waals surface area contributed by atoms with Gasteiger partial charge in [0.2, 0.25) is 0 Å². The molecule has 0 saturated heterocycles. The Balaban J connectivity index is 2.50. The second-order valence-electron chi connectivity index (χ2n) is 4.40. The molecule has 0 aliphatic heterocycles. The number of methoxy groups -OCH3 is 1. The molecule has 1 unspecified atom stereocenters. The van der Waals surface area contributed by atoms with Gasteiger partial charge >= 0.3 is 0 Å². The maximum absolute atomic E-state index is 13.3. The normalized spacial score (nSPS) is 12.3.